The van der Waals surface area contributed by atoms with Crippen LogP contribution in [0.15, 0.2) is 41.3 Å². The molecule has 1 saturated heterocycles. The smallest absolute Gasteiger partial charge is 0.258 e. The number of nitrogens with zero attached hydrogens (tertiary/aromatic N) is 2. The first-order valence-electron chi connectivity index (χ1n) is 9.59. The second kappa shape index (κ2) is 7.29. The summed E-state index contributed by atoms with van der Waals surface area (Å²) in [6.07, 6.45) is 3.23. The average Bonchev–Trinajstić information content (AvgIpc) is 3.24. The number of hydrogen-bond acceptors (Lipinski definition) is 3. The fraction of sp³-hybridized carbons (Fsp3) is 0.381. The summed E-state index contributed by atoms with van der Waals surface area (Å²) < 4.78 is 41.1. The van der Waals surface area contributed by atoms with Gasteiger partial charge in [0.1, 0.15) is 5.82 Å². The number of fused-ring (bicyclic) bond motifs is 1. The Labute approximate surface area is 164 Å². The fourth-order valence-corrected chi connectivity index (χ4v) is 5.47. The topological polar surface area (TPSA) is 57.7 Å². The van der Waals surface area contributed by atoms with Crippen molar-refractivity contribution in [3.63, 3.8) is 0 Å². The number of carbonyl (C=O) groups excluding carboxylic acids is 1. The Morgan fingerprint density at radius 3 is 2.46 bits per heavy atom. The van der Waals surface area contributed by atoms with E-state index in [1.54, 1.807) is 42.2 Å². The van der Waals surface area contributed by atoms with Crippen molar-refractivity contribution in [2.24, 2.45) is 0 Å². The van der Waals surface area contributed by atoms with Crippen LogP contribution in [0.5, 0.6) is 0 Å². The molecule has 28 heavy (non-hydrogen) atoms. The normalized spacial score (nSPS) is 17.6. The van der Waals surface area contributed by atoms with E-state index in [9.17, 15) is 17.6 Å². The molecular weight excluding hydrogens is 379 g/mol. The van der Waals surface area contributed by atoms with Crippen molar-refractivity contribution in [3.05, 3.63) is 58.9 Å². The molecule has 2 aliphatic rings. The zero-order chi connectivity index (χ0) is 19.9. The lowest BCUT2D eigenvalue weighted by molar-refractivity contribution is 0.0984. The molecule has 0 aromatic heterocycles. The number of aryl methyl sites for hydroxylation is 2. The van der Waals surface area contributed by atoms with Gasteiger partial charge in [0, 0.05) is 30.9 Å². The molecular formula is C21H23FN2O3S. The summed E-state index contributed by atoms with van der Waals surface area (Å²) in [5, 5.41) is 0. The predicted octanol–water partition coefficient (Wildman–Crippen LogP) is 3.51. The van der Waals surface area contributed by atoms with Gasteiger partial charge in [-0.2, -0.15) is 4.31 Å². The first-order valence-corrected chi connectivity index (χ1v) is 11.0. The van der Waals surface area contributed by atoms with Crippen LogP contribution in [-0.4, -0.2) is 38.3 Å². The molecule has 0 aliphatic carbocycles. The lowest BCUT2D eigenvalue weighted by atomic mass is 10.0. The third-order valence-corrected chi connectivity index (χ3v) is 7.43. The summed E-state index contributed by atoms with van der Waals surface area (Å²) in [6, 6.07) is 9.46. The van der Waals surface area contributed by atoms with Crippen LogP contribution in [0.4, 0.5) is 10.1 Å². The largest absolute Gasteiger partial charge is 0.308 e. The maximum Gasteiger partial charge on any atom is 0.258 e. The highest BCUT2D eigenvalue weighted by Gasteiger charge is 2.30. The third-order valence-electron chi connectivity index (χ3n) is 5.54. The van der Waals surface area contributed by atoms with Gasteiger partial charge in [-0.05, 0) is 74.1 Å². The Morgan fingerprint density at radius 2 is 1.75 bits per heavy atom. The second-order valence-electron chi connectivity index (χ2n) is 7.43. The van der Waals surface area contributed by atoms with Crippen LogP contribution < -0.4 is 4.90 Å². The van der Waals surface area contributed by atoms with Crippen LogP contribution in [0.2, 0.25) is 0 Å². The van der Waals surface area contributed by atoms with E-state index in [0.29, 0.717) is 42.9 Å². The molecule has 5 nitrogen and oxygen atoms in total. The monoisotopic (exact) mass is 402 g/mol. The summed E-state index contributed by atoms with van der Waals surface area (Å²) >= 11 is 0. The van der Waals surface area contributed by atoms with Crippen molar-refractivity contribution in [2.45, 2.75) is 37.5 Å². The molecule has 0 unspecified atom stereocenters. The number of sulfonamides is 1. The highest BCUT2D eigenvalue weighted by atomic mass is 32.2. The van der Waals surface area contributed by atoms with E-state index in [0.717, 1.165) is 24.8 Å². The number of anilines is 1. The van der Waals surface area contributed by atoms with Crippen LogP contribution in [0.25, 0.3) is 0 Å². The Bertz CT molecular complexity index is 1030. The molecule has 0 radical (unpaired) electrons. The van der Waals surface area contributed by atoms with Gasteiger partial charge < -0.3 is 4.90 Å². The van der Waals surface area contributed by atoms with Crippen LogP contribution in [0.3, 0.4) is 0 Å². The highest BCUT2D eigenvalue weighted by Crippen LogP contribution is 2.32. The number of rotatable bonds is 3. The molecule has 4 rings (SSSR count). The van der Waals surface area contributed by atoms with Crippen molar-refractivity contribution in [1.82, 2.24) is 4.31 Å². The maximum absolute atomic E-state index is 13.9. The van der Waals surface area contributed by atoms with E-state index in [4.69, 9.17) is 0 Å². The van der Waals surface area contributed by atoms with Gasteiger partial charge >= 0.3 is 0 Å². The average molecular weight is 402 g/mol. The lowest BCUT2D eigenvalue weighted by Crippen LogP contribution is -2.36. The van der Waals surface area contributed by atoms with Gasteiger partial charge in [0.15, 0.2) is 0 Å². The maximum atomic E-state index is 13.9. The minimum absolute atomic E-state index is 0.269. The van der Waals surface area contributed by atoms with E-state index in [1.165, 1.54) is 10.4 Å². The molecule has 0 atom stereocenters. The molecule has 148 valence electrons. The fourth-order valence-electron chi connectivity index (χ4n) is 3.90. The first kappa shape index (κ1) is 19.1. The SMILES string of the molecule is Cc1ccc(C(=O)N2CCCc3cc(S(=O)(=O)N4CCCC4)ccc32)cc1F. The van der Waals surface area contributed by atoms with E-state index >= 15 is 0 Å². The van der Waals surface area contributed by atoms with Gasteiger partial charge in [0.2, 0.25) is 10.0 Å². The van der Waals surface area contributed by atoms with Gasteiger partial charge in [0.05, 0.1) is 4.90 Å². The van der Waals surface area contributed by atoms with Gasteiger partial charge in [-0.1, -0.05) is 6.07 Å². The molecule has 0 saturated carbocycles. The molecule has 2 heterocycles. The number of amides is 1. The summed E-state index contributed by atoms with van der Waals surface area (Å²) in [5.41, 5.74) is 2.34. The summed E-state index contributed by atoms with van der Waals surface area (Å²) in [6.45, 7) is 3.30. The molecule has 2 aliphatic heterocycles. The second-order valence-corrected chi connectivity index (χ2v) is 9.36. The summed E-state index contributed by atoms with van der Waals surface area (Å²) in [5.74, 6) is -0.676. The summed E-state index contributed by atoms with van der Waals surface area (Å²) in [4.78, 5) is 14.9. The van der Waals surface area contributed by atoms with Crippen molar-refractivity contribution >= 4 is 21.6 Å². The molecule has 7 heteroatoms. The summed E-state index contributed by atoms with van der Waals surface area (Å²) in [7, 11) is -3.49. The van der Waals surface area contributed by atoms with Crippen molar-refractivity contribution < 1.29 is 17.6 Å². The minimum Gasteiger partial charge on any atom is -0.308 e. The lowest BCUT2D eigenvalue weighted by Gasteiger charge is -2.30. The van der Waals surface area contributed by atoms with Gasteiger partial charge in [-0.25, -0.2) is 12.8 Å². The van der Waals surface area contributed by atoms with Gasteiger partial charge in [-0.15, -0.1) is 0 Å². The van der Waals surface area contributed by atoms with Crippen LogP contribution in [0, 0.1) is 12.7 Å². The van der Waals surface area contributed by atoms with Crippen molar-refractivity contribution in [3.8, 4) is 0 Å². The Morgan fingerprint density at radius 1 is 1.00 bits per heavy atom. The Balaban J connectivity index is 1.66. The molecule has 2 aromatic carbocycles. The standard InChI is InChI=1S/C21H23FN2O3S/c1-15-6-7-17(14-19(15)22)21(25)24-12-4-5-16-13-18(8-9-20(16)24)28(26,27)23-10-2-3-11-23/h6-9,13-14H,2-5,10-12H2,1H3. The molecule has 1 fully saturated rings. The van der Waals surface area contributed by atoms with Crippen molar-refractivity contribution in [1.29, 1.82) is 0 Å². The van der Waals surface area contributed by atoms with E-state index in [-0.39, 0.29) is 10.8 Å². The zero-order valence-electron chi connectivity index (χ0n) is 15.8. The Hall–Kier alpha value is -2.25. The number of benzene rings is 2. The van der Waals surface area contributed by atoms with Gasteiger partial charge in [-0.3, -0.25) is 4.79 Å². The first-order chi connectivity index (χ1) is 13.4. The van der Waals surface area contributed by atoms with Crippen molar-refractivity contribution in [2.75, 3.05) is 24.5 Å². The van der Waals surface area contributed by atoms with E-state index in [1.807, 2.05) is 0 Å². The number of hydrogen-bond donors (Lipinski definition) is 0. The van der Waals surface area contributed by atoms with E-state index in [2.05, 4.69) is 0 Å². The van der Waals surface area contributed by atoms with Crippen LogP contribution in [0.1, 0.15) is 40.7 Å². The molecule has 0 spiro atoms. The predicted molar refractivity (Wildman–Crippen MR) is 106 cm³/mol. The third kappa shape index (κ3) is 3.33. The quantitative estimate of drug-likeness (QED) is 0.789. The van der Waals surface area contributed by atoms with Crippen LogP contribution >= 0.6 is 0 Å². The molecule has 1 amide bonds. The van der Waals surface area contributed by atoms with E-state index < -0.39 is 15.8 Å². The Kier molecular flexibility index (Phi) is 4.97. The molecule has 2 aromatic rings. The molecule has 0 bridgehead atoms. The zero-order valence-corrected chi connectivity index (χ0v) is 16.6. The number of halogens is 1. The number of carbonyl (C=O) groups is 1. The van der Waals surface area contributed by atoms with Crippen LogP contribution in [-0.2, 0) is 16.4 Å². The molecule has 0 N–H and O–H groups in total. The minimum atomic E-state index is -3.49. The highest BCUT2D eigenvalue weighted by molar-refractivity contribution is 7.89. The van der Waals surface area contributed by atoms with Gasteiger partial charge in [0.25, 0.3) is 5.91 Å².